The molecular formula is C16H26N2O3. The zero-order chi connectivity index (χ0) is 15.0. The van der Waals surface area contributed by atoms with Crippen LogP contribution in [-0.4, -0.2) is 47.0 Å². The molecule has 21 heavy (non-hydrogen) atoms. The van der Waals surface area contributed by atoms with Gasteiger partial charge in [0.1, 0.15) is 0 Å². The fourth-order valence-electron chi connectivity index (χ4n) is 3.99. The predicted molar refractivity (Wildman–Crippen MR) is 78.7 cm³/mol. The van der Waals surface area contributed by atoms with Gasteiger partial charge in [0.05, 0.1) is 18.1 Å². The summed E-state index contributed by atoms with van der Waals surface area (Å²) >= 11 is 0. The maximum Gasteiger partial charge on any atom is 0.247 e. The van der Waals surface area contributed by atoms with Crippen LogP contribution in [0.5, 0.6) is 0 Å². The average Bonchev–Trinajstić information content (AvgIpc) is 2.98. The van der Waals surface area contributed by atoms with Gasteiger partial charge in [-0.2, -0.15) is 0 Å². The second-order valence-corrected chi connectivity index (χ2v) is 7.26. The lowest BCUT2D eigenvalue weighted by molar-refractivity contribution is -0.141. The molecule has 118 valence electrons. The molecule has 2 unspecified atom stereocenters. The molecule has 3 rings (SSSR count). The molecule has 5 nitrogen and oxygen atoms in total. The van der Waals surface area contributed by atoms with E-state index in [2.05, 4.69) is 19.2 Å². The van der Waals surface area contributed by atoms with E-state index in [0.717, 1.165) is 38.5 Å². The molecule has 2 heterocycles. The number of rotatable bonds is 3. The van der Waals surface area contributed by atoms with Crippen molar-refractivity contribution in [3.63, 3.8) is 0 Å². The smallest absolute Gasteiger partial charge is 0.247 e. The van der Waals surface area contributed by atoms with Gasteiger partial charge in [0.15, 0.2) is 0 Å². The molecule has 5 heteroatoms. The van der Waals surface area contributed by atoms with Gasteiger partial charge in [0, 0.05) is 18.7 Å². The van der Waals surface area contributed by atoms with Crippen LogP contribution in [0.15, 0.2) is 0 Å². The van der Waals surface area contributed by atoms with Gasteiger partial charge in [-0.05, 0) is 39.5 Å². The molecule has 0 aromatic heterocycles. The van der Waals surface area contributed by atoms with E-state index in [1.807, 2.05) is 0 Å². The van der Waals surface area contributed by atoms with Crippen molar-refractivity contribution in [2.24, 2.45) is 0 Å². The Morgan fingerprint density at radius 1 is 1.19 bits per heavy atom. The Morgan fingerprint density at radius 3 is 2.57 bits per heavy atom. The molecule has 2 aliphatic heterocycles. The molecule has 2 saturated heterocycles. The summed E-state index contributed by atoms with van der Waals surface area (Å²) in [5.41, 5.74) is -0.146. The first-order valence-corrected chi connectivity index (χ1v) is 8.22. The van der Waals surface area contributed by atoms with Gasteiger partial charge in [0.25, 0.3) is 0 Å². The first kappa shape index (κ1) is 15.0. The highest BCUT2D eigenvalue weighted by Crippen LogP contribution is 2.29. The molecule has 2 atom stereocenters. The van der Waals surface area contributed by atoms with Crippen molar-refractivity contribution in [3.8, 4) is 0 Å². The highest BCUT2D eigenvalue weighted by atomic mass is 16.5. The molecule has 3 aliphatic rings. The first-order chi connectivity index (χ1) is 9.96. The summed E-state index contributed by atoms with van der Waals surface area (Å²) in [6.45, 7) is 4.87. The second kappa shape index (κ2) is 5.69. The van der Waals surface area contributed by atoms with Crippen LogP contribution in [0.2, 0.25) is 0 Å². The van der Waals surface area contributed by atoms with Gasteiger partial charge in [-0.15, -0.1) is 0 Å². The van der Waals surface area contributed by atoms with E-state index >= 15 is 0 Å². The number of amides is 2. The number of nitrogens with one attached hydrogen (secondary N) is 1. The number of likely N-dealkylation sites (tertiary alicyclic amines) is 1. The largest absolute Gasteiger partial charge is 0.375 e. The van der Waals surface area contributed by atoms with Crippen LogP contribution in [0.3, 0.4) is 0 Å². The minimum absolute atomic E-state index is 0.00352. The lowest BCUT2D eigenvalue weighted by atomic mass is 9.93. The lowest BCUT2D eigenvalue weighted by Gasteiger charge is -2.36. The van der Waals surface area contributed by atoms with Gasteiger partial charge >= 0.3 is 0 Å². The molecular weight excluding hydrogens is 268 g/mol. The van der Waals surface area contributed by atoms with E-state index in [9.17, 15) is 9.59 Å². The number of carbonyl (C=O) groups excluding carboxylic acids is 2. The fraction of sp³-hybridized carbons (Fsp3) is 0.875. The number of ether oxygens (including phenoxy) is 1. The quantitative estimate of drug-likeness (QED) is 0.803. The van der Waals surface area contributed by atoms with E-state index in [1.165, 1.54) is 0 Å². The molecule has 0 radical (unpaired) electrons. The van der Waals surface area contributed by atoms with Crippen molar-refractivity contribution < 1.29 is 14.3 Å². The third-order valence-corrected chi connectivity index (χ3v) is 5.01. The van der Waals surface area contributed by atoms with E-state index in [-0.39, 0.29) is 35.5 Å². The molecule has 1 saturated carbocycles. The summed E-state index contributed by atoms with van der Waals surface area (Å²) in [6.07, 6.45) is 6.34. The topological polar surface area (TPSA) is 58.6 Å². The number of hydrogen-bond donors (Lipinski definition) is 1. The van der Waals surface area contributed by atoms with Gasteiger partial charge in [-0.3, -0.25) is 14.5 Å². The van der Waals surface area contributed by atoms with Crippen LogP contribution in [0.4, 0.5) is 0 Å². The van der Waals surface area contributed by atoms with Gasteiger partial charge < -0.3 is 10.1 Å². The summed E-state index contributed by atoms with van der Waals surface area (Å²) in [5, 5.41) is 3.42. The Morgan fingerprint density at radius 2 is 1.90 bits per heavy atom. The van der Waals surface area contributed by atoms with Gasteiger partial charge in [0.2, 0.25) is 11.8 Å². The SMILES string of the molecule is CC1(C)CC(NC2CC(=O)N(C3CCCC3)C2=O)CCO1. The Bertz CT molecular complexity index is 429. The highest BCUT2D eigenvalue weighted by Gasteiger charge is 2.44. The van der Waals surface area contributed by atoms with E-state index < -0.39 is 0 Å². The molecule has 0 spiro atoms. The van der Waals surface area contributed by atoms with Gasteiger partial charge in [-0.25, -0.2) is 0 Å². The zero-order valence-corrected chi connectivity index (χ0v) is 13.1. The number of hydrogen-bond acceptors (Lipinski definition) is 4. The standard InChI is InChI=1S/C16H26N2O3/c1-16(2)10-11(7-8-21-16)17-13-9-14(19)18(15(13)20)12-5-3-4-6-12/h11-13,17H,3-10H2,1-2H3. The molecule has 3 fully saturated rings. The van der Waals surface area contributed by atoms with E-state index in [0.29, 0.717) is 13.0 Å². The Hall–Kier alpha value is -0.940. The van der Waals surface area contributed by atoms with Crippen molar-refractivity contribution in [1.82, 2.24) is 10.2 Å². The van der Waals surface area contributed by atoms with Crippen LogP contribution >= 0.6 is 0 Å². The van der Waals surface area contributed by atoms with Crippen LogP contribution < -0.4 is 5.32 Å². The third-order valence-electron chi connectivity index (χ3n) is 5.01. The molecule has 1 aliphatic carbocycles. The fourth-order valence-corrected chi connectivity index (χ4v) is 3.99. The summed E-state index contributed by atoms with van der Waals surface area (Å²) in [7, 11) is 0. The Balaban J connectivity index is 1.61. The van der Waals surface area contributed by atoms with Crippen molar-refractivity contribution in [2.75, 3.05) is 6.61 Å². The molecule has 0 aromatic rings. The van der Waals surface area contributed by atoms with Crippen molar-refractivity contribution in [2.45, 2.75) is 82.5 Å². The number of carbonyl (C=O) groups is 2. The predicted octanol–water partition coefficient (Wildman–Crippen LogP) is 1.60. The molecule has 2 amide bonds. The monoisotopic (exact) mass is 294 g/mol. The third kappa shape index (κ3) is 3.14. The van der Waals surface area contributed by atoms with E-state index in [1.54, 1.807) is 4.90 Å². The summed E-state index contributed by atoms with van der Waals surface area (Å²) in [4.78, 5) is 26.3. The van der Waals surface area contributed by atoms with Crippen LogP contribution in [-0.2, 0) is 14.3 Å². The normalized spacial score (nSPS) is 33.9. The summed E-state index contributed by atoms with van der Waals surface area (Å²) in [6, 6.07) is 0.0963. The molecule has 0 aromatic carbocycles. The van der Waals surface area contributed by atoms with Gasteiger partial charge in [-0.1, -0.05) is 12.8 Å². The molecule has 0 bridgehead atoms. The summed E-state index contributed by atoms with van der Waals surface area (Å²) in [5.74, 6) is 0.00641. The van der Waals surface area contributed by atoms with Crippen molar-refractivity contribution in [1.29, 1.82) is 0 Å². The highest BCUT2D eigenvalue weighted by molar-refractivity contribution is 6.05. The maximum absolute atomic E-state index is 12.5. The first-order valence-electron chi connectivity index (χ1n) is 8.22. The number of nitrogens with zero attached hydrogens (tertiary/aromatic N) is 1. The van der Waals surface area contributed by atoms with Crippen molar-refractivity contribution in [3.05, 3.63) is 0 Å². The van der Waals surface area contributed by atoms with Crippen molar-refractivity contribution >= 4 is 11.8 Å². The zero-order valence-electron chi connectivity index (χ0n) is 13.1. The van der Waals surface area contributed by atoms with Crippen LogP contribution in [0.1, 0.15) is 58.8 Å². The van der Waals surface area contributed by atoms with Crippen LogP contribution in [0, 0.1) is 0 Å². The maximum atomic E-state index is 12.5. The Labute approximate surface area is 126 Å². The number of imide groups is 1. The second-order valence-electron chi connectivity index (χ2n) is 7.26. The average molecular weight is 294 g/mol. The minimum Gasteiger partial charge on any atom is -0.375 e. The van der Waals surface area contributed by atoms with E-state index in [4.69, 9.17) is 4.74 Å². The molecule has 1 N–H and O–H groups in total. The lowest BCUT2D eigenvalue weighted by Crippen LogP contribution is -2.50. The summed E-state index contributed by atoms with van der Waals surface area (Å²) < 4.78 is 5.71. The van der Waals surface area contributed by atoms with Crippen LogP contribution in [0.25, 0.3) is 0 Å². The Kier molecular flexibility index (Phi) is 4.06. The minimum atomic E-state index is -0.322.